The Balaban J connectivity index is 2.24. The standard InChI is InChI=1S/C21H26F6N4/c1-29(2)28-19(15-5-9-17(10-6-15)30(3)13-20(22,23)24)16-7-11-18(12-8-16)31(4)14-21(25,26)27/h5-12,19,28H,13-14H2,1-4H3. The Labute approximate surface area is 178 Å². The summed E-state index contributed by atoms with van der Waals surface area (Å²) in [5, 5.41) is 1.73. The smallest absolute Gasteiger partial charge is 0.366 e. The Bertz CT molecular complexity index is 750. The van der Waals surface area contributed by atoms with Gasteiger partial charge in [0.1, 0.15) is 13.1 Å². The van der Waals surface area contributed by atoms with Crippen LogP contribution in [0, 0.1) is 0 Å². The van der Waals surface area contributed by atoms with Gasteiger partial charge in [-0.2, -0.15) is 26.3 Å². The Morgan fingerprint density at radius 2 is 0.968 bits per heavy atom. The zero-order valence-corrected chi connectivity index (χ0v) is 17.7. The van der Waals surface area contributed by atoms with Gasteiger partial charge in [-0.1, -0.05) is 24.3 Å². The van der Waals surface area contributed by atoms with Crippen molar-refractivity contribution < 1.29 is 26.3 Å². The van der Waals surface area contributed by atoms with Crippen LogP contribution in [0.2, 0.25) is 0 Å². The Kier molecular flexibility index (Phi) is 7.82. The highest BCUT2D eigenvalue weighted by Crippen LogP contribution is 2.28. The third-order valence-electron chi connectivity index (χ3n) is 4.55. The van der Waals surface area contributed by atoms with E-state index in [0.717, 1.165) is 20.9 Å². The molecule has 0 aliphatic heterocycles. The summed E-state index contributed by atoms with van der Waals surface area (Å²) >= 11 is 0. The molecule has 0 radical (unpaired) electrons. The molecule has 0 unspecified atom stereocenters. The summed E-state index contributed by atoms with van der Waals surface area (Å²) in [6.07, 6.45) is -8.60. The Morgan fingerprint density at radius 1 is 0.645 bits per heavy atom. The van der Waals surface area contributed by atoms with Gasteiger partial charge in [0.05, 0.1) is 6.04 Å². The topological polar surface area (TPSA) is 21.8 Å². The third kappa shape index (κ3) is 7.95. The summed E-state index contributed by atoms with van der Waals surface area (Å²) in [4.78, 5) is 2.23. The number of nitrogens with zero attached hydrogens (tertiary/aromatic N) is 3. The summed E-state index contributed by atoms with van der Waals surface area (Å²) in [5.74, 6) is 0. The molecular formula is C21H26F6N4. The fourth-order valence-electron chi connectivity index (χ4n) is 3.16. The van der Waals surface area contributed by atoms with Crippen molar-refractivity contribution in [2.24, 2.45) is 0 Å². The van der Waals surface area contributed by atoms with E-state index in [1.807, 2.05) is 0 Å². The van der Waals surface area contributed by atoms with Crippen LogP contribution >= 0.6 is 0 Å². The number of alkyl halides is 6. The zero-order chi connectivity index (χ0) is 23.4. The highest BCUT2D eigenvalue weighted by molar-refractivity contribution is 5.51. The van der Waals surface area contributed by atoms with E-state index in [4.69, 9.17) is 0 Å². The van der Waals surface area contributed by atoms with Crippen molar-refractivity contribution in [2.75, 3.05) is 51.1 Å². The van der Waals surface area contributed by atoms with E-state index in [-0.39, 0.29) is 6.04 Å². The van der Waals surface area contributed by atoms with Crippen LogP contribution in [0.25, 0.3) is 0 Å². The van der Waals surface area contributed by atoms with E-state index < -0.39 is 25.4 Å². The van der Waals surface area contributed by atoms with Gasteiger partial charge in [-0.25, -0.2) is 10.4 Å². The lowest BCUT2D eigenvalue weighted by Crippen LogP contribution is -2.35. The summed E-state index contributed by atoms with van der Waals surface area (Å²) in [6, 6.07) is 13.0. The first-order chi connectivity index (χ1) is 14.2. The Morgan fingerprint density at radius 3 is 1.23 bits per heavy atom. The summed E-state index contributed by atoms with van der Waals surface area (Å²) in [7, 11) is 6.33. The van der Waals surface area contributed by atoms with Crippen LogP contribution in [0.4, 0.5) is 37.7 Å². The lowest BCUT2D eigenvalue weighted by Gasteiger charge is -2.26. The molecule has 0 aliphatic rings. The predicted molar refractivity (Wildman–Crippen MR) is 110 cm³/mol. The molecule has 0 heterocycles. The van der Waals surface area contributed by atoms with Crippen molar-refractivity contribution >= 4 is 11.4 Å². The molecule has 0 aliphatic carbocycles. The maximum atomic E-state index is 12.6. The molecule has 0 aromatic heterocycles. The number of hydrogen-bond donors (Lipinski definition) is 1. The summed E-state index contributed by atoms with van der Waals surface area (Å²) in [5.41, 5.74) is 5.68. The zero-order valence-electron chi connectivity index (χ0n) is 17.7. The molecule has 172 valence electrons. The van der Waals surface area contributed by atoms with Crippen LogP contribution in [0.1, 0.15) is 17.2 Å². The molecule has 0 bridgehead atoms. The maximum absolute atomic E-state index is 12.6. The number of hydrazine groups is 1. The molecule has 2 rings (SSSR count). The molecule has 10 heteroatoms. The van der Waals surface area contributed by atoms with Crippen molar-refractivity contribution in [2.45, 2.75) is 18.4 Å². The highest BCUT2D eigenvalue weighted by atomic mass is 19.4. The molecule has 2 aromatic carbocycles. The number of halogens is 6. The number of nitrogens with one attached hydrogen (secondary N) is 1. The minimum Gasteiger partial charge on any atom is -0.366 e. The first-order valence-corrected chi connectivity index (χ1v) is 9.44. The molecule has 0 atom stereocenters. The molecule has 0 fully saturated rings. The van der Waals surface area contributed by atoms with Gasteiger partial charge >= 0.3 is 12.4 Å². The molecule has 0 saturated carbocycles. The van der Waals surface area contributed by atoms with Gasteiger partial charge in [-0.05, 0) is 35.4 Å². The Hall–Kier alpha value is -2.46. The summed E-state index contributed by atoms with van der Waals surface area (Å²) < 4.78 is 75.7. The average Bonchev–Trinajstić information content (AvgIpc) is 2.63. The molecule has 0 spiro atoms. The van der Waals surface area contributed by atoms with Crippen LogP contribution in [0.5, 0.6) is 0 Å². The first-order valence-electron chi connectivity index (χ1n) is 9.44. The van der Waals surface area contributed by atoms with Crippen LogP contribution in [0.15, 0.2) is 48.5 Å². The van der Waals surface area contributed by atoms with Crippen LogP contribution < -0.4 is 15.2 Å². The van der Waals surface area contributed by atoms with E-state index in [0.29, 0.717) is 11.4 Å². The van der Waals surface area contributed by atoms with Gasteiger partial charge in [0, 0.05) is 39.6 Å². The lowest BCUT2D eigenvalue weighted by atomic mass is 9.98. The summed E-state index contributed by atoms with van der Waals surface area (Å²) in [6.45, 7) is -2.11. The second-order valence-electron chi connectivity index (χ2n) is 7.58. The minimum atomic E-state index is -4.30. The molecule has 0 amide bonds. The van der Waals surface area contributed by atoms with Gasteiger partial charge in [0.15, 0.2) is 0 Å². The first kappa shape index (κ1) is 24.8. The highest BCUT2D eigenvalue weighted by Gasteiger charge is 2.30. The number of rotatable bonds is 8. The van der Waals surface area contributed by atoms with E-state index in [2.05, 4.69) is 5.43 Å². The van der Waals surface area contributed by atoms with Gasteiger partial charge in [-0.15, -0.1) is 0 Å². The number of benzene rings is 2. The van der Waals surface area contributed by atoms with Gasteiger partial charge in [-0.3, -0.25) is 0 Å². The lowest BCUT2D eigenvalue weighted by molar-refractivity contribution is -0.120. The molecule has 0 saturated heterocycles. The molecular weight excluding hydrogens is 422 g/mol. The van der Waals surface area contributed by atoms with Crippen molar-refractivity contribution in [3.05, 3.63) is 59.7 Å². The fourth-order valence-corrected chi connectivity index (χ4v) is 3.16. The molecule has 31 heavy (non-hydrogen) atoms. The van der Waals surface area contributed by atoms with E-state index in [9.17, 15) is 26.3 Å². The second-order valence-corrected chi connectivity index (χ2v) is 7.58. The number of anilines is 2. The minimum absolute atomic E-state index is 0.334. The second kappa shape index (κ2) is 9.78. The van der Waals surface area contributed by atoms with Crippen LogP contribution in [0.3, 0.4) is 0 Å². The van der Waals surface area contributed by atoms with Crippen molar-refractivity contribution in [3.8, 4) is 0 Å². The van der Waals surface area contributed by atoms with Gasteiger partial charge in [0.2, 0.25) is 0 Å². The molecule has 4 nitrogen and oxygen atoms in total. The molecule has 1 N–H and O–H groups in total. The van der Waals surface area contributed by atoms with Gasteiger partial charge < -0.3 is 9.80 Å². The predicted octanol–water partition coefficient (Wildman–Crippen LogP) is 4.84. The fraction of sp³-hybridized carbons (Fsp3) is 0.429. The van der Waals surface area contributed by atoms with Crippen molar-refractivity contribution in [1.82, 2.24) is 10.4 Å². The van der Waals surface area contributed by atoms with Crippen LogP contribution in [-0.2, 0) is 0 Å². The number of hydrogen-bond acceptors (Lipinski definition) is 4. The van der Waals surface area contributed by atoms with E-state index in [1.165, 1.54) is 14.1 Å². The van der Waals surface area contributed by atoms with E-state index in [1.54, 1.807) is 67.6 Å². The van der Waals surface area contributed by atoms with Crippen LogP contribution in [-0.4, -0.2) is 58.6 Å². The maximum Gasteiger partial charge on any atom is 0.405 e. The van der Waals surface area contributed by atoms with E-state index >= 15 is 0 Å². The normalized spacial score (nSPS) is 12.5. The van der Waals surface area contributed by atoms with Gasteiger partial charge in [0.25, 0.3) is 0 Å². The largest absolute Gasteiger partial charge is 0.405 e. The molecule has 2 aromatic rings. The van der Waals surface area contributed by atoms with Crippen molar-refractivity contribution in [3.63, 3.8) is 0 Å². The monoisotopic (exact) mass is 448 g/mol. The van der Waals surface area contributed by atoms with Crippen molar-refractivity contribution in [1.29, 1.82) is 0 Å². The quantitative estimate of drug-likeness (QED) is 0.461. The SMILES string of the molecule is CN(C)NC(c1ccc(N(C)CC(F)(F)F)cc1)c1ccc(N(C)CC(F)(F)F)cc1. The average molecular weight is 448 g/mol. The third-order valence-corrected chi connectivity index (χ3v) is 4.55.